The molecule has 0 spiro atoms. The molecule has 1 fully saturated rings. The molecule has 2 aromatic rings. The predicted octanol–water partition coefficient (Wildman–Crippen LogP) is 2.91. The van der Waals surface area contributed by atoms with Gasteiger partial charge < -0.3 is 9.47 Å². The molecule has 0 aromatic heterocycles. The van der Waals surface area contributed by atoms with Crippen molar-refractivity contribution in [2.45, 2.75) is 12.3 Å². The fourth-order valence-corrected chi connectivity index (χ4v) is 3.29. The highest BCUT2D eigenvalue weighted by Gasteiger charge is 2.51. The molecule has 0 N–H and O–H groups in total. The summed E-state index contributed by atoms with van der Waals surface area (Å²) >= 11 is 0. The molecule has 4 nitrogen and oxygen atoms in total. The van der Waals surface area contributed by atoms with Crippen LogP contribution in [0.2, 0.25) is 0 Å². The third-order valence-corrected chi connectivity index (χ3v) is 4.55. The van der Waals surface area contributed by atoms with Gasteiger partial charge in [0, 0.05) is 0 Å². The fourth-order valence-electron chi connectivity index (χ4n) is 3.29. The molecule has 2 aromatic carbocycles. The molecule has 0 heterocycles. The van der Waals surface area contributed by atoms with Crippen molar-refractivity contribution in [3.05, 3.63) is 48.0 Å². The lowest BCUT2D eigenvalue weighted by Gasteiger charge is -2.41. The first kappa shape index (κ1) is 14.6. The average molecular weight is 298 g/mol. The second-order valence-electron chi connectivity index (χ2n) is 5.63. The zero-order valence-electron chi connectivity index (χ0n) is 12.6. The van der Waals surface area contributed by atoms with Gasteiger partial charge >= 0.3 is 11.9 Å². The Morgan fingerprint density at radius 2 is 1.64 bits per heavy atom. The van der Waals surface area contributed by atoms with E-state index in [0.29, 0.717) is 6.42 Å². The molecule has 1 aliphatic rings. The molecule has 1 saturated carbocycles. The Kier molecular flexibility index (Phi) is 3.84. The number of hydrogen-bond donors (Lipinski definition) is 0. The molecule has 3 atom stereocenters. The van der Waals surface area contributed by atoms with E-state index in [4.69, 9.17) is 9.47 Å². The van der Waals surface area contributed by atoms with Crippen molar-refractivity contribution in [3.8, 4) is 0 Å². The predicted molar refractivity (Wildman–Crippen MR) is 82.3 cm³/mol. The number of benzene rings is 2. The Labute approximate surface area is 129 Å². The maximum absolute atomic E-state index is 12.0. The summed E-state index contributed by atoms with van der Waals surface area (Å²) in [5.41, 5.74) is 1.06. The monoisotopic (exact) mass is 298 g/mol. The van der Waals surface area contributed by atoms with Crippen LogP contribution in [0.3, 0.4) is 0 Å². The molecule has 4 heteroatoms. The summed E-state index contributed by atoms with van der Waals surface area (Å²) in [6.07, 6.45) is 0.616. The number of hydrogen-bond acceptors (Lipinski definition) is 4. The van der Waals surface area contributed by atoms with E-state index in [1.807, 2.05) is 30.3 Å². The normalized spacial score (nSPS) is 23.6. The largest absolute Gasteiger partial charge is 0.469 e. The van der Waals surface area contributed by atoms with Gasteiger partial charge in [-0.05, 0) is 28.7 Å². The van der Waals surface area contributed by atoms with E-state index >= 15 is 0 Å². The van der Waals surface area contributed by atoms with Crippen LogP contribution in [0.4, 0.5) is 0 Å². The first-order valence-corrected chi connectivity index (χ1v) is 7.30. The van der Waals surface area contributed by atoms with Crippen molar-refractivity contribution in [2.24, 2.45) is 11.8 Å². The molecular weight excluding hydrogens is 280 g/mol. The highest BCUT2D eigenvalue weighted by Crippen LogP contribution is 2.48. The molecule has 0 aliphatic heterocycles. The number of ether oxygens (including phenoxy) is 2. The van der Waals surface area contributed by atoms with Crippen LogP contribution in [-0.4, -0.2) is 26.2 Å². The van der Waals surface area contributed by atoms with Crippen LogP contribution in [0.15, 0.2) is 42.5 Å². The zero-order chi connectivity index (χ0) is 15.7. The lowest BCUT2D eigenvalue weighted by atomic mass is 9.62. The van der Waals surface area contributed by atoms with Gasteiger partial charge in [0.05, 0.1) is 26.1 Å². The van der Waals surface area contributed by atoms with Crippen molar-refractivity contribution >= 4 is 22.7 Å². The molecule has 0 bridgehead atoms. The molecule has 1 aliphatic carbocycles. The summed E-state index contributed by atoms with van der Waals surface area (Å²) in [7, 11) is 2.70. The Bertz CT molecular complexity index is 722. The topological polar surface area (TPSA) is 52.6 Å². The van der Waals surface area contributed by atoms with Crippen LogP contribution < -0.4 is 0 Å². The number of carbonyl (C=O) groups excluding carboxylic acids is 2. The second-order valence-corrected chi connectivity index (χ2v) is 5.63. The molecular formula is C18H18O4. The Hall–Kier alpha value is -2.36. The molecule has 0 radical (unpaired) electrons. The number of carbonyl (C=O) groups is 2. The van der Waals surface area contributed by atoms with E-state index < -0.39 is 11.8 Å². The minimum Gasteiger partial charge on any atom is -0.469 e. The van der Waals surface area contributed by atoms with Crippen LogP contribution in [0, 0.1) is 11.8 Å². The van der Waals surface area contributed by atoms with Crippen molar-refractivity contribution < 1.29 is 19.1 Å². The van der Waals surface area contributed by atoms with Crippen LogP contribution in [-0.2, 0) is 19.1 Å². The highest BCUT2D eigenvalue weighted by molar-refractivity contribution is 5.87. The first-order chi connectivity index (χ1) is 10.7. The molecule has 3 rings (SSSR count). The van der Waals surface area contributed by atoms with E-state index in [-0.39, 0.29) is 17.9 Å². The van der Waals surface area contributed by atoms with Crippen molar-refractivity contribution in [1.29, 1.82) is 0 Å². The smallest absolute Gasteiger partial charge is 0.310 e. The second kappa shape index (κ2) is 5.79. The van der Waals surface area contributed by atoms with E-state index in [9.17, 15) is 9.59 Å². The number of methoxy groups -OCH3 is 2. The molecule has 0 amide bonds. The third kappa shape index (κ3) is 2.34. The Morgan fingerprint density at radius 1 is 0.955 bits per heavy atom. The van der Waals surface area contributed by atoms with Crippen LogP contribution in [0.5, 0.6) is 0 Å². The van der Waals surface area contributed by atoms with Gasteiger partial charge in [-0.1, -0.05) is 42.5 Å². The average Bonchev–Trinajstić information content (AvgIpc) is 2.53. The Morgan fingerprint density at radius 3 is 2.32 bits per heavy atom. The van der Waals surface area contributed by atoms with E-state index in [2.05, 4.69) is 12.1 Å². The SMILES string of the molecule is COC(=O)[C@H]1CC(c2ccc3ccccc3c2)[C@@H]1C(=O)OC. The summed E-state index contributed by atoms with van der Waals surface area (Å²) in [6.45, 7) is 0. The maximum atomic E-state index is 12.0. The van der Waals surface area contributed by atoms with Crippen LogP contribution in [0.25, 0.3) is 10.8 Å². The summed E-state index contributed by atoms with van der Waals surface area (Å²) in [5, 5.41) is 2.29. The van der Waals surface area contributed by atoms with Gasteiger partial charge in [0.15, 0.2) is 0 Å². The van der Waals surface area contributed by atoms with Gasteiger partial charge in [0.2, 0.25) is 0 Å². The highest BCUT2D eigenvalue weighted by atomic mass is 16.5. The number of fused-ring (bicyclic) bond motifs is 1. The van der Waals surface area contributed by atoms with Crippen molar-refractivity contribution in [3.63, 3.8) is 0 Å². The van der Waals surface area contributed by atoms with Crippen LogP contribution >= 0.6 is 0 Å². The number of rotatable bonds is 3. The van der Waals surface area contributed by atoms with Gasteiger partial charge in [-0.25, -0.2) is 0 Å². The fraction of sp³-hybridized carbons (Fsp3) is 0.333. The molecule has 114 valence electrons. The molecule has 22 heavy (non-hydrogen) atoms. The van der Waals surface area contributed by atoms with Gasteiger partial charge in [0.25, 0.3) is 0 Å². The van der Waals surface area contributed by atoms with E-state index in [1.165, 1.54) is 14.2 Å². The van der Waals surface area contributed by atoms with Crippen LogP contribution in [0.1, 0.15) is 17.9 Å². The zero-order valence-corrected chi connectivity index (χ0v) is 12.6. The first-order valence-electron chi connectivity index (χ1n) is 7.30. The standard InChI is InChI=1S/C18H18O4/c1-21-17(19)15-10-14(16(15)18(20)22-2)13-8-7-11-5-3-4-6-12(11)9-13/h3-9,14-16H,10H2,1-2H3/t14?,15-,16-/m0/s1. The lowest BCUT2D eigenvalue weighted by Crippen LogP contribution is -2.45. The Balaban J connectivity index is 1.92. The lowest BCUT2D eigenvalue weighted by molar-refractivity contribution is -0.166. The summed E-state index contributed by atoms with van der Waals surface area (Å²) in [4.78, 5) is 23.8. The van der Waals surface area contributed by atoms with Crippen molar-refractivity contribution in [1.82, 2.24) is 0 Å². The summed E-state index contributed by atoms with van der Waals surface area (Å²) in [5.74, 6) is -1.55. The minimum absolute atomic E-state index is 0.00107. The van der Waals surface area contributed by atoms with Gasteiger partial charge in [-0.15, -0.1) is 0 Å². The van der Waals surface area contributed by atoms with E-state index in [1.54, 1.807) is 0 Å². The molecule has 1 unspecified atom stereocenters. The van der Waals surface area contributed by atoms with Gasteiger partial charge in [-0.2, -0.15) is 0 Å². The molecule has 0 saturated heterocycles. The van der Waals surface area contributed by atoms with Gasteiger partial charge in [0.1, 0.15) is 0 Å². The third-order valence-electron chi connectivity index (χ3n) is 4.55. The quantitative estimate of drug-likeness (QED) is 0.818. The van der Waals surface area contributed by atoms with Gasteiger partial charge in [-0.3, -0.25) is 9.59 Å². The minimum atomic E-state index is -0.460. The maximum Gasteiger partial charge on any atom is 0.310 e. The summed E-state index contributed by atoms with van der Waals surface area (Å²) in [6, 6.07) is 14.2. The van der Waals surface area contributed by atoms with E-state index in [0.717, 1.165) is 16.3 Å². The summed E-state index contributed by atoms with van der Waals surface area (Å²) < 4.78 is 9.66. The van der Waals surface area contributed by atoms with Crippen molar-refractivity contribution in [2.75, 3.05) is 14.2 Å². The number of esters is 2.